The van der Waals surface area contributed by atoms with Crippen molar-refractivity contribution < 1.29 is 27.8 Å². The number of anilines is 1. The smallest absolute Gasteiger partial charge is 0.416 e. The monoisotopic (exact) mass is 381 g/mol. The van der Waals surface area contributed by atoms with Crippen LogP contribution in [0, 0.1) is 0 Å². The molecule has 2 rings (SSSR count). The Balaban J connectivity index is 2.20. The summed E-state index contributed by atoms with van der Waals surface area (Å²) in [5.74, 6) is -0.481. The maximum atomic E-state index is 12.8. The SMILES string of the molecule is CCCCOC(=O)C[C@@H](Nc1ccccc1O)c1ccc(C(F)(F)F)cc1. The average molecular weight is 381 g/mol. The summed E-state index contributed by atoms with van der Waals surface area (Å²) in [6.07, 6.45) is -2.89. The maximum Gasteiger partial charge on any atom is 0.416 e. The fraction of sp³-hybridized carbons (Fsp3) is 0.350. The minimum absolute atomic E-state index is 0.0197. The number of phenols is 1. The molecule has 7 heteroatoms. The van der Waals surface area contributed by atoms with Crippen molar-refractivity contribution in [2.45, 2.75) is 38.4 Å². The first kappa shape index (κ1) is 20.6. The molecule has 2 N–H and O–H groups in total. The minimum Gasteiger partial charge on any atom is -0.506 e. The van der Waals surface area contributed by atoms with Crippen LogP contribution in [0.3, 0.4) is 0 Å². The number of esters is 1. The number of benzene rings is 2. The summed E-state index contributed by atoms with van der Waals surface area (Å²) >= 11 is 0. The molecule has 0 heterocycles. The van der Waals surface area contributed by atoms with Gasteiger partial charge in [0.05, 0.1) is 30.3 Å². The molecule has 0 saturated heterocycles. The van der Waals surface area contributed by atoms with Crippen LogP contribution in [-0.2, 0) is 15.7 Å². The van der Waals surface area contributed by atoms with Crippen LogP contribution in [0.4, 0.5) is 18.9 Å². The highest BCUT2D eigenvalue weighted by molar-refractivity contribution is 5.71. The van der Waals surface area contributed by atoms with Crippen molar-refractivity contribution in [2.75, 3.05) is 11.9 Å². The molecule has 0 aliphatic rings. The largest absolute Gasteiger partial charge is 0.506 e. The Morgan fingerprint density at radius 1 is 1.15 bits per heavy atom. The van der Waals surface area contributed by atoms with Gasteiger partial charge in [-0.2, -0.15) is 13.2 Å². The van der Waals surface area contributed by atoms with Crippen LogP contribution in [0.2, 0.25) is 0 Å². The van der Waals surface area contributed by atoms with E-state index < -0.39 is 23.8 Å². The van der Waals surface area contributed by atoms with Gasteiger partial charge >= 0.3 is 12.1 Å². The summed E-state index contributed by atoms with van der Waals surface area (Å²) in [7, 11) is 0. The quantitative estimate of drug-likeness (QED) is 0.370. The Bertz CT molecular complexity index is 745. The van der Waals surface area contributed by atoms with Gasteiger partial charge in [0, 0.05) is 0 Å². The molecule has 4 nitrogen and oxygen atoms in total. The lowest BCUT2D eigenvalue weighted by Gasteiger charge is -2.21. The molecular weight excluding hydrogens is 359 g/mol. The van der Waals surface area contributed by atoms with E-state index in [9.17, 15) is 23.1 Å². The Morgan fingerprint density at radius 2 is 1.81 bits per heavy atom. The number of unbranched alkanes of at least 4 members (excludes halogenated alkanes) is 1. The van der Waals surface area contributed by atoms with E-state index in [0.29, 0.717) is 17.9 Å². The summed E-state index contributed by atoms with van der Waals surface area (Å²) < 4.78 is 43.5. The highest BCUT2D eigenvalue weighted by atomic mass is 19.4. The Hall–Kier alpha value is -2.70. The number of nitrogens with one attached hydrogen (secondary N) is 1. The molecule has 27 heavy (non-hydrogen) atoms. The third kappa shape index (κ3) is 6.20. The second-order valence-electron chi connectivity index (χ2n) is 6.11. The second-order valence-corrected chi connectivity index (χ2v) is 6.11. The van der Waals surface area contributed by atoms with Crippen LogP contribution in [0.15, 0.2) is 48.5 Å². The van der Waals surface area contributed by atoms with E-state index in [0.717, 1.165) is 25.0 Å². The molecule has 0 aliphatic heterocycles. The molecule has 2 aromatic rings. The predicted molar refractivity (Wildman–Crippen MR) is 96.4 cm³/mol. The number of rotatable bonds is 8. The van der Waals surface area contributed by atoms with E-state index in [1.807, 2.05) is 6.92 Å². The minimum atomic E-state index is -4.43. The van der Waals surface area contributed by atoms with Gasteiger partial charge in [-0.05, 0) is 36.2 Å². The van der Waals surface area contributed by atoms with E-state index in [1.165, 1.54) is 18.2 Å². The van der Waals surface area contributed by atoms with Crippen LogP contribution in [0.1, 0.15) is 43.4 Å². The van der Waals surface area contributed by atoms with Crippen LogP contribution < -0.4 is 5.32 Å². The van der Waals surface area contributed by atoms with Crippen molar-refractivity contribution in [1.29, 1.82) is 0 Å². The molecule has 0 aromatic heterocycles. The van der Waals surface area contributed by atoms with Crippen molar-refractivity contribution >= 4 is 11.7 Å². The van der Waals surface area contributed by atoms with Gasteiger partial charge in [-0.3, -0.25) is 4.79 Å². The molecule has 0 unspecified atom stereocenters. The molecule has 0 bridgehead atoms. The molecule has 0 radical (unpaired) electrons. The van der Waals surface area contributed by atoms with Gasteiger partial charge < -0.3 is 15.2 Å². The van der Waals surface area contributed by atoms with E-state index >= 15 is 0 Å². The van der Waals surface area contributed by atoms with Gasteiger partial charge in [-0.15, -0.1) is 0 Å². The highest BCUT2D eigenvalue weighted by Gasteiger charge is 2.30. The van der Waals surface area contributed by atoms with Gasteiger partial charge in [0.2, 0.25) is 0 Å². The highest BCUT2D eigenvalue weighted by Crippen LogP contribution is 2.32. The van der Waals surface area contributed by atoms with Gasteiger partial charge in [0.1, 0.15) is 5.75 Å². The lowest BCUT2D eigenvalue weighted by atomic mass is 10.0. The molecule has 0 spiro atoms. The summed E-state index contributed by atoms with van der Waals surface area (Å²) in [6, 6.07) is 10.4. The summed E-state index contributed by atoms with van der Waals surface area (Å²) in [5, 5.41) is 12.9. The molecule has 0 fully saturated rings. The Labute approximate surface area is 156 Å². The normalized spacial score (nSPS) is 12.4. The Kier molecular flexibility index (Phi) is 7.10. The first-order chi connectivity index (χ1) is 12.8. The Morgan fingerprint density at radius 3 is 2.41 bits per heavy atom. The van der Waals surface area contributed by atoms with Crippen LogP contribution in [-0.4, -0.2) is 17.7 Å². The number of phenolic OH excluding ortho intramolecular Hbond substituents is 1. The summed E-state index contributed by atoms with van der Waals surface area (Å²) in [4.78, 5) is 12.1. The zero-order chi connectivity index (χ0) is 19.9. The zero-order valence-electron chi connectivity index (χ0n) is 14.9. The van der Waals surface area contributed by atoms with Gasteiger partial charge in [-0.25, -0.2) is 0 Å². The van der Waals surface area contributed by atoms with E-state index in [2.05, 4.69) is 5.32 Å². The van der Waals surface area contributed by atoms with E-state index in [-0.39, 0.29) is 12.2 Å². The molecule has 146 valence electrons. The lowest BCUT2D eigenvalue weighted by molar-refractivity contribution is -0.144. The fourth-order valence-corrected chi connectivity index (χ4v) is 2.50. The standard InChI is InChI=1S/C20H22F3NO3/c1-2-3-12-27-19(26)13-17(24-16-6-4-5-7-18(16)25)14-8-10-15(11-9-14)20(21,22)23/h4-11,17,24-25H,2-3,12-13H2,1H3/t17-/m1/s1. The average Bonchev–Trinajstić information content (AvgIpc) is 2.62. The lowest BCUT2D eigenvalue weighted by Crippen LogP contribution is -2.18. The van der Waals surface area contributed by atoms with E-state index in [4.69, 9.17) is 4.74 Å². The van der Waals surface area contributed by atoms with Crippen molar-refractivity contribution in [3.05, 3.63) is 59.7 Å². The first-order valence-electron chi connectivity index (χ1n) is 8.68. The molecule has 1 atom stereocenters. The fourth-order valence-electron chi connectivity index (χ4n) is 2.50. The number of ether oxygens (including phenoxy) is 1. The van der Waals surface area contributed by atoms with Crippen molar-refractivity contribution in [3.63, 3.8) is 0 Å². The van der Waals surface area contributed by atoms with Gasteiger partial charge in [-0.1, -0.05) is 37.6 Å². The number of halogens is 3. The zero-order valence-corrected chi connectivity index (χ0v) is 14.9. The molecule has 0 saturated carbocycles. The van der Waals surface area contributed by atoms with Crippen LogP contribution in [0.25, 0.3) is 0 Å². The van der Waals surface area contributed by atoms with Crippen molar-refractivity contribution in [3.8, 4) is 5.75 Å². The van der Waals surface area contributed by atoms with Crippen LogP contribution in [0.5, 0.6) is 5.75 Å². The van der Waals surface area contributed by atoms with Crippen LogP contribution >= 0.6 is 0 Å². The first-order valence-corrected chi connectivity index (χ1v) is 8.68. The molecule has 2 aromatic carbocycles. The predicted octanol–water partition coefficient (Wildman–Crippen LogP) is 5.30. The number of hydrogen-bond donors (Lipinski definition) is 2. The number of carbonyl (C=O) groups is 1. The topological polar surface area (TPSA) is 58.6 Å². The number of aromatic hydroxyl groups is 1. The molecule has 0 amide bonds. The summed E-state index contributed by atoms with van der Waals surface area (Å²) in [5.41, 5.74) is 0.0977. The second kappa shape index (κ2) is 9.30. The summed E-state index contributed by atoms with van der Waals surface area (Å²) in [6.45, 7) is 2.27. The number of alkyl halides is 3. The maximum absolute atomic E-state index is 12.8. The van der Waals surface area contributed by atoms with Crippen molar-refractivity contribution in [2.24, 2.45) is 0 Å². The number of carbonyl (C=O) groups excluding carboxylic acids is 1. The number of hydrogen-bond acceptors (Lipinski definition) is 4. The molecular formula is C20H22F3NO3. The number of para-hydroxylation sites is 2. The third-order valence-electron chi connectivity index (χ3n) is 4.01. The molecule has 0 aliphatic carbocycles. The third-order valence-corrected chi connectivity index (χ3v) is 4.01. The van der Waals surface area contributed by atoms with E-state index in [1.54, 1.807) is 18.2 Å². The van der Waals surface area contributed by atoms with Crippen molar-refractivity contribution in [1.82, 2.24) is 0 Å². The van der Waals surface area contributed by atoms with Gasteiger partial charge in [0.25, 0.3) is 0 Å². The van der Waals surface area contributed by atoms with Gasteiger partial charge in [0.15, 0.2) is 0 Å².